The quantitative estimate of drug-likeness (QED) is 0.817. The summed E-state index contributed by atoms with van der Waals surface area (Å²) in [6, 6.07) is 15.5. The molecule has 0 unspecified atom stereocenters. The fraction of sp³-hybridized carbons (Fsp3) is 0.417. The van der Waals surface area contributed by atoms with Gasteiger partial charge in [0.25, 0.3) is 11.8 Å². The highest BCUT2D eigenvalue weighted by molar-refractivity contribution is 6.01. The van der Waals surface area contributed by atoms with E-state index in [1.807, 2.05) is 53.4 Å². The van der Waals surface area contributed by atoms with E-state index in [0.717, 1.165) is 63.2 Å². The van der Waals surface area contributed by atoms with E-state index >= 15 is 0 Å². The second-order valence-corrected chi connectivity index (χ2v) is 8.22. The number of benzene rings is 2. The topological polar surface area (TPSA) is 64.7 Å². The predicted molar refractivity (Wildman–Crippen MR) is 119 cm³/mol. The van der Waals surface area contributed by atoms with Crippen molar-refractivity contribution < 1.29 is 9.59 Å². The zero-order valence-corrected chi connectivity index (χ0v) is 17.6. The Labute approximate surface area is 178 Å². The van der Waals surface area contributed by atoms with Crippen LogP contribution < -0.4 is 10.6 Å². The van der Waals surface area contributed by atoms with Crippen LogP contribution in [0.3, 0.4) is 0 Å². The lowest BCUT2D eigenvalue weighted by atomic mass is 9.97. The van der Waals surface area contributed by atoms with Gasteiger partial charge in [-0.15, -0.1) is 0 Å². The van der Waals surface area contributed by atoms with E-state index in [1.54, 1.807) is 0 Å². The summed E-state index contributed by atoms with van der Waals surface area (Å²) >= 11 is 0. The Morgan fingerprint density at radius 1 is 0.933 bits per heavy atom. The highest BCUT2D eigenvalue weighted by Crippen LogP contribution is 2.25. The van der Waals surface area contributed by atoms with Gasteiger partial charge in [-0.3, -0.25) is 9.59 Å². The van der Waals surface area contributed by atoms with Gasteiger partial charge in [-0.25, -0.2) is 0 Å². The summed E-state index contributed by atoms with van der Waals surface area (Å²) in [5, 5.41) is 6.50. The molecule has 30 heavy (non-hydrogen) atoms. The first kappa shape index (κ1) is 20.6. The van der Waals surface area contributed by atoms with Crippen LogP contribution in [0.15, 0.2) is 48.5 Å². The van der Waals surface area contributed by atoms with Crippen LogP contribution in [-0.4, -0.2) is 74.0 Å². The normalized spacial score (nSPS) is 18.2. The van der Waals surface area contributed by atoms with Crippen molar-refractivity contribution in [3.05, 3.63) is 59.7 Å². The summed E-state index contributed by atoms with van der Waals surface area (Å²) in [6.07, 6.45) is 1.91. The fourth-order valence-corrected chi connectivity index (χ4v) is 4.15. The largest absolute Gasteiger partial charge is 0.349 e. The Morgan fingerprint density at radius 2 is 1.60 bits per heavy atom. The minimum atomic E-state index is -0.0323. The number of piperidine rings is 1. The minimum absolute atomic E-state index is 0.0323. The summed E-state index contributed by atoms with van der Waals surface area (Å²) < 4.78 is 0. The lowest BCUT2D eigenvalue weighted by Crippen LogP contribution is -2.47. The van der Waals surface area contributed by atoms with Crippen LogP contribution in [0, 0.1) is 0 Å². The fourth-order valence-electron chi connectivity index (χ4n) is 4.15. The number of carbonyl (C=O) groups is 2. The molecule has 6 heteroatoms. The third-order valence-corrected chi connectivity index (χ3v) is 6.08. The molecule has 0 atom stereocenters. The molecule has 0 radical (unpaired) electrons. The van der Waals surface area contributed by atoms with Crippen LogP contribution in [0.25, 0.3) is 11.1 Å². The van der Waals surface area contributed by atoms with Crippen LogP contribution in [0.4, 0.5) is 0 Å². The third-order valence-electron chi connectivity index (χ3n) is 6.08. The van der Waals surface area contributed by atoms with Crippen molar-refractivity contribution in [1.29, 1.82) is 0 Å². The lowest BCUT2D eigenvalue weighted by Gasteiger charge is -2.32. The van der Waals surface area contributed by atoms with Gasteiger partial charge in [0.2, 0.25) is 0 Å². The Bertz CT molecular complexity index is 882. The first-order valence-corrected chi connectivity index (χ1v) is 10.8. The van der Waals surface area contributed by atoms with Gasteiger partial charge >= 0.3 is 0 Å². The second kappa shape index (κ2) is 9.41. The summed E-state index contributed by atoms with van der Waals surface area (Å²) in [4.78, 5) is 29.9. The monoisotopic (exact) mass is 406 g/mol. The van der Waals surface area contributed by atoms with Gasteiger partial charge in [-0.05, 0) is 62.3 Å². The van der Waals surface area contributed by atoms with E-state index in [1.165, 1.54) is 0 Å². The zero-order chi connectivity index (χ0) is 20.9. The Morgan fingerprint density at radius 3 is 2.30 bits per heavy atom. The van der Waals surface area contributed by atoms with Crippen LogP contribution in [0.1, 0.15) is 33.6 Å². The maximum atomic E-state index is 12.9. The predicted octanol–water partition coefficient (Wildman–Crippen LogP) is 2.22. The summed E-state index contributed by atoms with van der Waals surface area (Å²) in [5.41, 5.74) is 3.21. The first-order chi connectivity index (χ1) is 14.6. The van der Waals surface area contributed by atoms with Gasteiger partial charge in [0.05, 0.1) is 0 Å². The van der Waals surface area contributed by atoms with Gasteiger partial charge < -0.3 is 20.4 Å². The maximum Gasteiger partial charge on any atom is 0.253 e. The van der Waals surface area contributed by atoms with Gasteiger partial charge in [0.15, 0.2) is 0 Å². The van der Waals surface area contributed by atoms with Crippen molar-refractivity contribution in [2.75, 3.05) is 46.3 Å². The molecule has 6 nitrogen and oxygen atoms in total. The van der Waals surface area contributed by atoms with Gasteiger partial charge in [0.1, 0.15) is 0 Å². The molecule has 2 amide bonds. The molecular formula is C24H30N4O2. The van der Waals surface area contributed by atoms with Crippen molar-refractivity contribution >= 4 is 11.8 Å². The molecular weight excluding hydrogens is 376 g/mol. The van der Waals surface area contributed by atoms with Crippen LogP contribution >= 0.6 is 0 Å². The van der Waals surface area contributed by atoms with Crippen LogP contribution in [0.5, 0.6) is 0 Å². The maximum absolute atomic E-state index is 12.9. The molecule has 2 heterocycles. The van der Waals surface area contributed by atoms with E-state index in [9.17, 15) is 9.59 Å². The van der Waals surface area contributed by atoms with Gasteiger partial charge in [-0.2, -0.15) is 0 Å². The second-order valence-electron chi connectivity index (χ2n) is 8.22. The van der Waals surface area contributed by atoms with E-state index in [-0.39, 0.29) is 17.9 Å². The van der Waals surface area contributed by atoms with Gasteiger partial charge in [0, 0.05) is 43.3 Å². The lowest BCUT2D eigenvalue weighted by molar-refractivity contribution is 0.0664. The average Bonchev–Trinajstić information content (AvgIpc) is 2.80. The molecule has 158 valence electrons. The number of rotatable bonds is 4. The molecule has 0 spiro atoms. The SMILES string of the molecule is CN1CCN(C(=O)c2ccc(-c3ccccc3C(=O)NC3CCNCC3)cc2)CC1. The molecule has 0 saturated carbocycles. The van der Waals surface area contributed by atoms with E-state index < -0.39 is 0 Å². The van der Waals surface area contributed by atoms with Crippen molar-refractivity contribution in [3.63, 3.8) is 0 Å². The molecule has 2 saturated heterocycles. The summed E-state index contributed by atoms with van der Waals surface area (Å²) in [5.74, 6) is 0.0432. The molecule has 0 aromatic heterocycles. The Kier molecular flexibility index (Phi) is 6.45. The van der Waals surface area contributed by atoms with Crippen LogP contribution in [0.2, 0.25) is 0 Å². The zero-order valence-electron chi connectivity index (χ0n) is 17.6. The molecule has 0 aliphatic carbocycles. The van der Waals surface area contributed by atoms with E-state index in [0.29, 0.717) is 11.1 Å². The molecule has 4 rings (SSSR count). The number of hydrogen-bond acceptors (Lipinski definition) is 4. The van der Waals surface area contributed by atoms with Crippen LogP contribution in [-0.2, 0) is 0 Å². The number of piperazine rings is 1. The first-order valence-electron chi connectivity index (χ1n) is 10.8. The Hall–Kier alpha value is -2.70. The van der Waals surface area contributed by atoms with E-state index in [4.69, 9.17) is 0 Å². The standard InChI is InChI=1S/C24H30N4O2/c1-27-14-16-28(17-15-27)24(30)19-8-6-18(7-9-19)21-4-2-3-5-22(21)23(29)26-20-10-12-25-13-11-20/h2-9,20,25H,10-17H2,1H3,(H,26,29). The number of nitrogens with zero attached hydrogens (tertiary/aromatic N) is 2. The highest BCUT2D eigenvalue weighted by Gasteiger charge is 2.21. The molecule has 2 aliphatic rings. The summed E-state index contributed by atoms with van der Waals surface area (Å²) in [6.45, 7) is 5.21. The molecule has 2 N–H and O–H groups in total. The highest BCUT2D eigenvalue weighted by atomic mass is 16.2. The van der Waals surface area contributed by atoms with E-state index in [2.05, 4.69) is 22.6 Å². The van der Waals surface area contributed by atoms with Crippen molar-refractivity contribution in [1.82, 2.24) is 20.4 Å². The molecule has 2 aromatic rings. The number of hydrogen-bond donors (Lipinski definition) is 2. The number of likely N-dealkylation sites (N-methyl/N-ethyl adjacent to an activating group) is 1. The van der Waals surface area contributed by atoms with Crippen molar-refractivity contribution in [2.45, 2.75) is 18.9 Å². The number of nitrogens with one attached hydrogen (secondary N) is 2. The van der Waals surface area contributed by atoms with Gasteiger partial charge in [-0.1, -0.05) is 30.3 Å². The number of carbonyl (C=O) groups excluding carboxylic acids is 2. The third kappa shape index (κ3) is 4.71. The Balaban J connectivity index is 1.49. The number of amides is 2. The average molecular weight is 407 g/mol. The smallest absolute Gasteiger partial charge is 0.253 e. The molecule has 2 fully saturated rings. The molecule has 2 aliphatic heterocycles. The van der Waals surface area contributed by atoms with Crippen molar-refractivity contribution in [2.24, 2.45) is 0 Å². The molecule has 2 aromatic carbocycles. The molecule has 0 bridgehead atoms. The summed E-state index contributed by atoms with van der Waals surface area (Å²) in [7, 11) is 2.08. The minimum Gasteiger partial charge on any atom is -0.349 e. The van der Waals surface area contributed by atoms with Crippen molar-refractivity contribution in [3.8, 4) is 11.1 Å².